The summed E-state index contributed by atoms with van der Waals surface area (Å²) in [4.78, 5) is 17.0. The van der Waals surface area contributed by atoms with Crippen molar-refractivity contribution >= 4 is 22.6 Å². The quantitative estimate of drug-likeness (QED) is 0.921. The first-order chi connectivity index (χ1) is 9.54. The highest BCUT2D eigenvalue weighted by molar-refractivity contribution is 5.94. The van der Waals surface area contributed by atoms with Crippen molar-refractivity contribution in [3.8, 4) is 6.07 Å². The van der Waals surface area contributed by atoms with Gasteiger partial charge in [0.15, 0.2) is 0 Å². The number of hydrogen-bond donors (Lipinski definition) is 1. The number of carbonyl (C=O) groups is 1. The van der Waals surface area contributed by atoms with Crippen LogP contribution in [0, 0.1) is 17.2 Å². The number of anilines is 1. The molecule has 0 aliphatic rings. The molecule has 0 spiro atoms. The Kier molecular flexibility index (Phi) is 3.85. The number of nitriles is 1. The molecule has 1 unspecified atom stereocenters. The van der Waals surface area contributed by atoms with Crippen LogP contribution >= 0.6 is 0 Å². The molecule has 0 saturated heterocycles. The second kappa shape index (κ2) is 5.57. The standard InChI is InChI=1S/C15H15N3O2/c1-10(15(19)20)9-18(2)14-11(7-16)8-17-13-6-4-3-5-12(13)14/h3-6,8,10H,9H2,1-2H3,(H,19,20). The lowest BCUT2D eigenvalue weighted by atomic mass is 10.1. The fraction of sp³-hybridized carbons (Fsp3) is 0.267. The van der Waals surface area contributed by atoms with Crippen molar-refractivity contribution in [2.45, 2.75) is 6.92 Å². The molecule has 5 nitrogen and oxygen atoms in total. The Morgan fingerprint density at radius 2 is 2.20 bits per heavy atom. The molecule has 0 saturated carbocycles. The van der Waals surface area contributed by atoms with E-state index in [4.69, 9.17) is 5.11 Å². The molecule has 2 aromatic rings. The maximum Gasteiger partial charge on any atom is 0.308 e. The van der Waals surface area contributed by atoms with Gasteiger partial charge in [-0.25, -0.2) is 0 Å². The molecule has 1 aromatic carbocycles. The zero-order valence-electron chi connectivity index (χ0n) is 11.4. The highest BCUT2D eigenvalue weighted by Crippen LogP contribution is 2.28. The van der Waals surface area contributed by atoms with E-state index >= 15 is 0 Å². The van der Waals surface area contributed by atoms with Crippen molar-refractivity contribution in [1.29, 1.82) is 5.26 Å². The van der Waals surface area contributed by atoms with Crippen LogP contribution in [0.1, 0.15) is 12.5 Å². The molecule has 1 aromatic heterocycles. The summed E-state index contributed by atoms with van der Waals surface area (Å²) in [6.07, 6.45) is 1.53. The number of pyridine rings is 1. The summed E-state index contributed by atoms with van der Waals surface area (Å²) < 4.78 is 0. The van der Waals surface area contributed by atoms with Gasteiger partial charge in [-0.2, -0.15) is 5.26 Å². The maximum absolute atomic E-state index is 11.0. The lowest BCUT2D eigenvalue weighted by molar-refractivity contribution is -0.140. The molecular formula is C15H15N3O2. The van der Waals surface area contributed by atoms with Gasteiger partial charge in [0.25, 0.3) is 0 Å². The molecule has 0 aliphatic carbocycles. The molecule has 0 aliphatic heterocycles. The third kappa shape index (κ3) is 2.54. The number of carboxylic acids is 1. The average Bonchev–Trinajstić information content (AvgIpc) is 2.45. The van der Waals surface area contributed by atoms with Gasteiger partial charge < -0.3 is 10.0 Å². The Balaban J connectivity index is 2.51. The van der Waals surface area contributed by atoms with Crippen LogP contribution in [-0.2, 0) is 4.79 Å². The molecule has 1 atom stereocenters. The third-order valence-corrected chi connectivity index (χ3v) is 3.22. The highest BCUT2D eigenvalue weighted by atomic mass is 16.4. The minimum absolute atomic E-state index is 0.331. The fourth-order valence-electron chi connectivity index (χ4n) is 2.20. The molecule has 2 rings (SSSR count). The number of carboxylic acid groups (broad SMARTS) is 1. The van der Waals surface area contributed by atoms with Crippen LogP contribution in [0.2, 0.25) is 0 Å². The van der Waals surface area contributed by atoms with E-state index in [0.717, 1.165) is 16.6 Å². The minimum Gasteiger partial charge on any atom is -0.481 e. The van der Waals surface area contributed by atoms with Crippen molar-refractivity contribution in [2.24, 2.45) is 5.92 Å². The predicted octanol–water partition coefficient (Wildman–Crippen LogP) is 2.26. The number of aromatic nitrogens is 1. The number of hydrogen-bond acceptors (Lipinski definition) is 4. The number of aliphatic carboxylic acids is 1. The van der Waals surface area contributed by atoms with Gasteiger partial charge in [-0.1, -0.05) is 25.1 Å². The van der Waals surface area contributed by atoms with Crippen molar-refractivity contribution < 1.29 is 9.90 Å². The van der Waals surface area contributed by atoms with Gasteiger partial charge in [-0.3, -0.25) is 9.78 Å². The van der Waals surface area contributed by atoms with E-state index in [9.17, 15) is 10.1 Å². The van der Waals surface area contributed by atoms with Crippen LogP contribution in [0.25, 0.3) is 10.9 Å². The molecule has 1 heterocycles. The summed E-state index contributed by atoms with van der Waals surface area (Å²) in [7, 11) is 1.79. The van der Waals surface area contributed by atoms with Crippen molar-refractivity contribution in [3.63, 3.8) is 0 Å². The molecular weight excluding hydrogens is 254 g/mol. The Bertz CT molecular complexity index is 691. The maximum atomic E-state index is 11.0. The SMILES string of the molecule is CC(CN(C)c1c(C#N)cnc2ccccc12)C(=O)O. The van der Waals surface area contributed by atoms with E-state index in [2.05, 4.69) is 11.1 Å². The largest absolute Gasteiger partial charge is 0.481 e. The highest BCUT2D eigenvalue weighted by Gasteiger charge is 2.18. The molecule has 0 amide bonds. The number of nitrogens with zero attached hydrogens (tertiary/aromatic N) is 3. The van der Waals surface area contributed by atoms with Gasteiger partial charge in [0.05, 0.1) is 22.7 Å². The molecule has 0 radical (unpaired) electrons. The first-order valence-electron chi connectivity index (χ1n) is 6.26. The normalized spacial score (nSPS) is 11.8. The van der Waals surface area contributed by atoms with Crippen LogP contribution < -0.4 is 4.90 Å². The number of benzene rings is 1. The summed E-state index contributed by atoms with van der Waals surface area (Å²) in [5.41, 5.74) is 1.96. The molecule has 102 valence electrons. The second-order valence-corrected chi connectivity index (χ2v) is 4.77. The van der Waals surface area contributed by atoms with E-state index in [1.807, 2.05) is 24.3 Å². The van der Waals surface area contributed by atoms with E-state index in [1.165, 1.54) is 6.20 Å². The Morgan fingerprint density at radius 3 is 2.85 bits per heavy atom. The Hall–Kier alpha value is -2.61. The lowest BCUT2D eigenvalue weighted by Gasteiger charge is -2.23. The van der Waals surface area contributed by atoms with Crippen LogP contribution in [0.15, 0.2) is 30.5 Å². The minimum atomic E-state index is -0.853. The first-order valence-corrected chi connectivity index (χ1v) is 6.26. The van der Waals surface area contributed by atoms with Gasteiger partial charge >= 0.3 is 5.97 Å². The van der Waals surface area contributed by atoms with E-state index in [1.54, 1.807) is 18.9 Å². The monoisotopic (exact) mass is 269 g/mol. The van der Waals surface area contributed by atoms with Crippen molar-refractivity contribution in [3.05, 3.63) is 36.0 Å². The lowest BCUT2D eigenvalue weighted by Crippen LogP contribution is -2.29. The first kappa shape index (κ1) is 13.8. The molecule has 20 heavy (non-hydrogen) atoms. The topological polar surface area (TPSA) is 77.2 Å². The summed E-state index contributed by atoms with van der Waals surface area (Å²) in [6.45, 7) is 1.98. The number of fused-ring (bicyclic) bond motifs is 1. The van der Waals surface area contributed by atoms with Crippen molar-refractivity contribution in [2.75, 3.05) is 18.5 Å². The van der Waals surface area contributed by atoms with Crippen LogP contribution in [0.4, 0.5) is 5.69 Å². The van der Waals surface area contributed by atoms with E-state index in [-0.39, 0.29) is 0 Å². The van der Waals surface area contributed by atoms with Gasteiger partial charge in [-0.15, -0.1) is 0 Å². The van der Waals surface area contributed by atoms with Crippen LogP contribution in [-0.4, -0.2) is 29.7 Å². The molecule has 1 N–H and O–H groups in total. The summed E-state index contributed by atoms with van der Waals surface area (Å²) in [6, 6.07) is 9.64. The van der Waals surface area contributed by atoms with Gasteiger partial charge in [0.2, 0.25) is 0 Å². The molecule has 0 fully saturated rings. The Morgan fingerprint density at radius 1 is 1.50 bits per heavy atom. The van der Waals surface area contributed by atoms with Crippen LogP contribution in [0.3, 0.4) is 0 Å². The van der Waals surface area contributed by atoms with E-state index < -0.39 is 11.9 Å². The number of rotatable bonds is 4. The molecule has 0 bridgehead atoms. The fourth-order valence-corrected chi connectivity index (χ4v) is 2.20. The van der Waals surface area contributed by atoms with Gasteiger partial charge in [0, 0.05) is 25.2 Å². The van der Waals surface area contributed by atoms with Crippen LogP contribution in [0.5, 0.6) is 0 Å². The summed E-state index contributed by atoms with van der Waals surface area (Å²) in [5, 5.41) is 19.1. The van der Waals surface area contributed by atoms with Gasteiger partial charge in [-0.05, 0) is 6.07 Å². The summed E-state index contributed by atoms with van der Waals surface area (Å²) in [5.74, 6) is -1.37. The molecule has 5 heteroatoms. The van der Waals surface area contributed by atoms with Crippen molar-refractivity contribution in [1.82, 2.24) is 4.98 Å². The summed E-state index contributed by atoms with van der Waals surface area (Å²) >= 11 is 0. The number of para-hydroxylation sites is 1. The Labute approximate surface area is 117 Å². The average molecular weight is 269 g/mol. The van der Waals surface area contributed by atoms with E-state index in [0.29, 0.717) is 12.1 Å². The second-order valence-electron chi connectivity index (χ2n) is 4.77. The zero-order valence-corrected chi connectivity index (χ0v) is 11.4. The smallest absolute Gasteiger partial charge is 0.308 e. The predicted molar refractivity (Wildman–Crippen MR) is 76.5 cm³/mol. The van der Waals surface area contributed by atoms with Gasteiger partial charge in [0.1, 0.15) is 6.07 Å². The third-order valence-electron chi connectivity index (χ3n) is 3.22. The zero-order chi connectivity index (χ0) is 14.7.